The summed E-state index contributed by atoms with van der Waals surface area (Å²) in [6, 6.07) is 3.61. The van der Waals surface area contributed by atoms with Crippen molar-refractivity contribution >= 4 is 24.1 Å². The fourth-order valence-corrected chi connectivity index (χ4v) is 3.76. The molecule has 9 nitrogen and oxygen atoms in total. The summed E-state index contributed by atoms with van der Waals surface area (Å²) in [4.78, 5) is 30.1. The number of nitrogens with one attached hydrogen (secondary N) is 1. The van der Waals surface area contributed by atoms with Crippen LogP contribution < -0.4 is 15.0 Å². The number of rotatable bonds is 10. The molecule has 1 aromatic carbocycles. The molecule has 2 N–H and O–H groups in total. The van der Waals surface area contributed by atoms with Crippen molar-refractivity contribution in [2.45, 2.75) is 71.6 Å². The van der Waals surface area contributed by atoms with E-state index in [1.807, 2.05) is 32.7 Å². The van der Waals surface area contributed by atoms with E-state index >= 15 is 0 Å². The van der Waals surface area contributed by atoms with Gasteiger partial charge in [0, 0.05) is 57.9 Å². The number of ether oxygens (including phenoxy) is 2. The molecule has 0 fully saturated rings. The molecule has 1 aliphatic rings. The van der Waals surface area contributed by atoms with Gasteiger partial charge in [0.25, 0.3) is 6.47 Å². The number of halogens is 3. The third kappa shape index (κ3) is 12.1. The molecule has 1 radical (unpaired) electrons. The molecule has 0 amide bonds. The molecule has 2 unspecified atom stereocenters. The van der Waals surface area contributed by atoms with Gasteiger partial charge in [-0.1, -0.05) is 20.8 Å². The quantitative estimate of drug-likeness (QED) is 0.251. The zero-order valence-corrected chi connectivity index (χ0v) is 25.8. The van der Waals surface area contributed by atoms with Gasteiger partial charge in [0.1, 0.15) is 0 Å². The number of aliphatic carboxylic acids is 1. The summed E-state index contributed by atoms with van der Waals surface area (Å²) >= 11 is 0. The minimum atomic E-state index is -4.42. The zero-order chi connectivity index (χ0) is 28.7. The number of carbonyl (C=O) groups is 2. The Balaban J connectivity index is 0.00000162. The van der Waals surface area contributed by atoms with Crippen LogP contribution in [-0.4, -0.2) is 53.8 Å². The minimum Gasteiger partial charge on any atom is -0.490 e. The second kappa shape index (κ2) is 18.8. The molecule has 0 saturated carbocycles. The topological polar surface area (TPSA) is 114 Å². The maximum Gasteiger partial charge on any atom is 0.416 e. The molecule has 0 aliphatic carbocycles. The fourth-order valence-electron chi connectivity index (χ4n) is 3.76. The van der Waals surface area contributed by atoms with E-state index in [-0.39, 0.29) is 63.8 Å². The number of carboxylic acid groups (broad SMARTS) is 1. The normalized spacial score (nSPS) is 15.6. The number of carbonyl (C=O) groups excluding carboxylic acids is 1. The Kier molecular flexibility index (Phi) is 17.6. The van der Waals surface area contributed by atoms with Gasteiger partial charge in [0.05, 0.1) is 37.2 Å². The maximum absolute atomic E-state index is 13.3. The molecular weight excluding hydrogens is 594 g/mol. The van der Waals surface area contributed by atoms with E-state index in [9.17, 15) is 22.8 Å². The van der Waals surface area contributed by atoms with Crippen molar-refractivity contribution in [2.24, 2.45) is 0 Å². The van der Waals surface area contributed by atoms with E-state index in [2.05, 4.69) is 20.0 Å². The first-order chi connectivity index (χ1) is 18.1. The van der Waals surface area contributed by atoms with Crippen LogP contribution >= 0.6 is 0 Å². The smallest absolute Gasteiger partial charge is 0.416 e. The van der Waals surface area contributed by atoms with Crippen molar-refractivity contribution < 1.29 is 70.0 Å². The predicted molar refractivity (Wildman–Crippen MR) is 138 cm³/mol. The number of hydrogen-bond donors (Lipinski definition) is 2. The molecular formula is C26H37F3N4O5Y. The van der Waals surface area contributed by atoms with Crippen LogP contribution in [0.1, 0.15) is 70.5 Å². The summed E-state index contributed by atoms with van der Waals surface area (Å²) in [6.07, 6.45) is 0.314. The van der Waals surface area contributed by atoms with Gasteiger partial charge in [-0.05, 0) is 49.9 Å². The summed E-state index contributed by atoms with van der Waals surface area (Å²) in [5, 5.41) is 11.8. The van der Waals surface area contributed by atoms with E-state index in [1.165, 1.54) is 24.5 Å². The third-order valence-electron chi connectivity index (χ3n) is 5.61. The van der Waals surface area contributed by atoms with Gasteiger partial charge < -0.3 is 24.8 Å². The Bertz CT molecular complexity index is 997. The molecule has 215 valence electrons. The van der Waals surface area contributed by atoms with Crippen LogP contribution in [0.25, 0.3) is 0 Å². The van der Waals surface area contributed by atoms with E-state index < -0.39 is 17.7 Å². The number of nitrogens with zero attached hydrogens (tertiary/aromatic N) is 3. The second-order valence-electron chi connectivity index (χ2n) is 8.02. The van der Waals surface area contributed by atoms with Crippen molar-refractivity contribution in [3.63, 3.8) is 0 Å². The Morgan fingerprint density at radius 2 is 1.87 bits per heavy atom. The van der Waals surface area contributed by atoms with Crippen LogP contribution in [0.5, 0.6) is 5.75 Å². The molecule has 1 aliphatic heterocycles. The molecule has 1 aromatic heterocycles. The van der Waals surface area contributed by atoms with Gasteiger partial charge >= 0.3 is 12.1 Å². The number of alkyl halides is 3. The number of hydrogen-bond acceptors (Lipinski definition) is 8. The molecule has 2 aromatic rings. The third-order valence-corrected chi connectivity index (χ3v) is 5.61. The Labute approximate surface area is 252 Å². The predicted octanol–water partition coefficient (Wildman–Crippen LogP) is 5.71. The van der Waals surface area contributed by atoms with Crippen LogP contribution in [0, 0.1) is 0 Å². The number of carboxylic acids is 1. The minimum absolute atomic E-state index is 0. The fraction of sp³-hybridized carbons (Fsp3) is 0.538. The van der Waals surface area contributed by atoms with Crippen molar-refractivity contribution in [1.82, 2.24) is 9.97 Å². The first-order valence-corrected chi connectivity index (χ1v) is 12.5. The van der Waals surface area contributed by atoms with Gasteiger partial charge in [-0.3, -0.25) is 9.59 Å². The summed E-state index contributed by atoms with van der Waals surface area (Å²) in [5.74, 6) is -0.215. The van der Waals surface area contributed by atoms with Gasteiger partial charge in [0.2, 0.25) is 5.95 Å². The van der Waals surface area contributed by atoms with Crippen molar-refractivity contribution in [3.05, 3.63) is 41.7 Å². The summed E-state index contributed by atoms with van der Waals surface area (Å²) in [7, 11) is 1.89. The van der Waals surface area contributed by atoms with E-state index in [0.29, 0.717) is 37.2 Å². The first kappa shape index (κ1) is 36.5. The number of benzene rings is 1. The Hall–Kier alpha value is -2.47. The van der Waals surface area contributed by atoms with Crippen LogP contribution in [0.4, 0.5) is 24.8 Å². The SMILES string of the molecule is CC.CCC1CC(Nc2ncc(OCCCC(=O)O)cn2)c2cc(C(F)(F)F)ccc2N1C.CCOC=O.[Y]. The summed E-state index contributed by atoms with van der Waals surface area (Å²) in [5.41, 5.74) is 0.619. The van der Waals surface area contributed by atoms with Crippen molar-refractivity contribution in [2.75, 3.05) is 30.5 Å². The zero-order valence-electron chi connectivity index (χ0n) is 23.0. The largest absolute Gasteiger partial charge is 0.490 e. The summed E-state index contributed by atoms with van der Waals surface area (Å²) in [6.45, 7) is 8.93. The standard InChI is InChI=1S/C21H25F3N4O3.C3H6O2.C2H6.Y/c1-3-14-10-17(16-9-13(21(22,23)24)6-7-18(16)28(14)2)27-20-25-11-15(12-26-20)31-8-4-5-19(29)30;1-2-5-3-4;1-2;/h6-7,9,11-12,14,17H,3-5,8,10H2,1-2H3,(H,29,30)(H,25,26,27);3H,2H2,1H3;1-2H3;. The van der Waals surface area contributed by atoms with Gasteiger partial charge in [-0.2, -0.15) is 13.2 Å². The monoisotopic (exact) mass is 631 g/mol. The van der Waals surface area contributed by atoms with E-state index in [0.717, 1.165) is 18.2 Å². The van der Waals surface area contributed by atoms with Crippen molar-refractivity contribution in [3.8, 4) is 5.75 Å². The average Bonchev–Trinajstić information content (AvgIpc) is 2.90. The molecule has 0 saturated heterocycles. The second-order valence-corrected chi connectivity index (χ2v) is 8.02. The number of aromatic nitrogens is 2. The molecule has 2 atom stereocenters. The molecule has 2 heterocycles. The van der Waals surface area contributed by atoms with Gasteiger partial charge in [-0.15, -0.1) is 0 Å². The molecule has 13 heteroatoms. The van der Waals surface area contributed by atoms with Crippen LogP contribution in [0.2, 0.25) is 0 Å². The van der Waals surface area contributed by atoms with Crippen LogP contribution in [-0.2, 0) is 53.2 Å². The molecule has 0 spiro atoms. The van der Waals surface area contributed by atoms with E-state index in [1.54, 1.807) is 6.92 Å². The number of fused-ring (bicyclic) bond motifs is 1. The molecule has 3 rings (SSSR count). The summed E-state index contributed by atoms with van der Waals surface area (Å²) < 4.78 is 49.4. The molecule has 0 bridgehead atoms. The molecule has 39 heavy (non-hydrogen) atoms. The maximum atomic E-state index is 13.3. The van der Waals surface area contributed by atoms with Crippen LogP contribution in [0.15, 0.2) is 30.6 Å². The number of anilines is 2. The van der Waals surface area contributed by atoms with Crippen LogP contribution in [0.3, 0.4) is 0 Å². The average molecular weight is 632 g/mol. The Morgan fingerprint density at radius 1 is 1.23 bits per heavy atom. The Morgan fingerprint density at radius 3 is 2.36 bits per heavy atom. The van der Waals surface area contributed by atoms with E-state index in [4.69, 9.17) is 9.84 Å². The van der Waals surface area contributed by atoms with Crippen molar-refractivity contribution in [1.29, 1.82) is 0 Å². The van der Waals surface area contributed by atoms with Gasteiger partial charge in [-0.25, -0.2) is 9.97 Å². The first-order valence-electron chi connectivity index (χ1n) is 12.5. The van der Waals surface area contributed by atoms with Gasteiger partial charge in [0.15, 0.2) is 5.75 Å².